The number of carbonyl (C=O) groups excluding carboxylic acids is 2. The minimum absolute atomic E-state index is 0.106. The summed E-state index contributed by atoms with van der Waals surface area (Å²) in [5.74, 6) is -0.294. The highest BCUT2D eigenvalue weighted by atomic mass is 32.2. The molecule has 1 heterocycles. The Morgan fingerprint density at radius 3 is 2.69 bits per heavy atom. The Morgan fingerprint density at radius 1 is 1.24 bits per heavy atom. The molecule has 0 unspecified atom stereocenters. The largest absolute Gasteiger partial charge is 0.468 e. The maximum Gasteiger partial charge on any atom is 0.325 e. The minimum atomic E-state index is -0.537. The van der Waals surface area contributed by atoms with Gasteiger partial charge in [-0.3, -0.25) is 19.7 Å². The number of thioether (sulfide) groups is 1. The SMILES string of the molecule is COC(=O)Cn1c(=NC(=O)CCSc2ccccc2)sc2ccc([N+](=O)[O-])cc21. The number of aromatic nitrogens is 1. The molecule has 0 saturated heterocycles. The number of methoxy groups -OCH3 is 1. The van der Waals surface area contributed by atoms with E-state index in [0.717, 1.165) is 4.90 Å². The molecule has 0 fully saturated rings. The van der Waals surface area contributed by atoms with Crippen molar-refractivity contribution in [3.05, 3.63) is 63.4 Å². The Labute approximate surface area is 174 Å². The zero-order chi connectivity index (χ0) is 20.8. The third-order valence-electron chi connectivity index (χ3n) is 3.94. The van der Waals surface area contributed by atoms with Crippen molar-refractivity contribution >= 4 is 50.9 Å². The van der Waals surface area contributed by atoms with Crippen LogP contribution in [0.1, 0.15) is 6.42 Å². The van der Waals surface area contributed by atoms with Crippen LogP contribution >= 0.6 is 23.1 Å². The van der Waals surface area contributed by atoms with Crippen LogP contribution < -0.4 is 4.80 Å². The molecular formula is C19H17N3O5S2. The molecule has 2 aromatic carbocycles. The fraction of sp³-hybridized carbons (Fsp3) is 0.211. The highest BCUT2D eigenvalue weighted by Gasteiger charge is 2.15. The number of nitro benzene ring substituents is 1. The van der Waals surface area contributed by atoms with Crippen LogP contribution in [-0.2, 0) is 20.9 Å². The van der Waals surface area contributed by atoms with Gasteiger partial charge in [0.05, 0.1) is 22.2 Å². The summed E-state index contributed by atoms with van der Waals surface area (Å²) < 4.78 is 6.86. The molecule has 0 aliphatic carbocycles. The summed E-state index contributed by atoms with van der Waals surface area (Å²) in [6.45, 7) is -0.192. The van der Waals surface area contributed by atoms with Crippen molar-refractivity contribution in [2.24, 2.45) is 4.99 Å². The molecule has 0 aliphatic heterocycles. The van der Waals surface area contributed by atoms with Gasteiger partial charge in [-0.2, -0.15) is 4.99 Å². The van der Waals surface area contributed by atoms with Gasteiger partial charge in [0.2, 0.25) is 5.91 Å². The van der Waals surface area contributed by atoms with Crippen molar-refractivity contribution in [1.29, 1.82) is 0 Å². The van der Waals surface area contributed by atoms with Crippen LogP contribution in [0.4, 0.5) is 5.69 Å². The number of thiazole rings is 1. The van der Waals surface area contributed by atoms with Crippen molar-refractivity contribution in [2.75, 3.05) is 12.9 Å². The van der Waals surface area contributed by atoms with E-state index in [-0.39, 0.29) is 24.6 Å². The number of nitro groups is 1. The Hall–Kier alpha value is -2.98. The highest BCUT2D eigenvalue weighted by molar-refractivity contribution is 7.99. The molecule has 1 aromatic heterocycles. The van der Waals surface area contributed by atoms with Gasteiger partial charge in [-0.1, -0.05) is 29.5 Å². The highest BCUT2D eigenvalue weighted by Crippen LogP contribution is 2.23. The number of hydrogen-bond acceptors (Lipinski definition) is 7. The summed E-state index contributed by atoms with van der Waals surface area (Å²) in [4.78, 5) is 40.2. The molecule has 8 nitrogen and oxygen atoms in total. The first-order chi connectivity index (χ1) is 14.0. The molecule has 0 spiro atoms. The first-order valence-corrected chi connectivity index (χ1v) is 10.4. The summed E-state index contributed by atoms with van der Waals surface area (Å²) in [7, 11) is 1.25. The van der Waals surface area contributed by atoms with Gasteiger partial charge in [-0.05, 0) is 18.2 Å². The Morgan fingerprint density at radius 2 is 2.00 bits per heavy atom. The molecule has 0 radical (unpaired) electrons. The summed E-state index contributed by atoms with van der Waals surface area (Å²) in [6.07, 6.45) is 0.228. The second-order valence-electron chi connectivity index (χ2n) is 5.87. The fourth-order valence-corrected chi connectivity index (χ4v) is 4.43. The van der Waals surface area contributed by atoms with Gasteiger partial charge in [-0.25, -0.2) is 0 Å². The van der Waals surface area contributed by atoms with Crippen LogP contribution in [-0.4, -0.2) is 34.2 Å². The summed E-state index contributed by atoms with van der Waals surface area (Å²) in [5.41, 5.74) is 0.353. The predicted molar refractivity (Wildman–Crippen MR) is 111 cm³/mol. The van der Waals surface area contributed by atoms with Crippen LogP contribution in [0.25, 0.3) is 10.2 Å². The molecule has 3 aromatic rings. The third-order valence-corrected chi connectivity index (χ3v) is 6.01. The van der Waals surface area contributed by atoms with E-state index in [0.29, 0.717) is 20.8 Å². The maximum atomic E-state index is 12.4. The van der Waals surface area contributed by atoms with Crippen LogP contribution in [0.5, 0.6) is 0 Å². The van der Waals surface area contributed by atoms with Crippen molar-refractivity contribution in [3.63, 3.8) is 0 Å². The van der Waals surface area contributed by atoms with Gasteiger partial charge in [0.25, 0.3) is 5.69 Å². The van der Waals surface area contributed by atoms with Gasteiger partial charge in [0, 0.05) is 29.2 Å². The Kier molecular flexibility index (Phi) is 6.78. The summed E-state index contributed by atoms with van der Waals surface area (Å²) >= 11 is 2.75. The first-order valence-electron chi connectivity index (χ1n) is 8.58. The number of ether oxygens (including phenoxy) is 1. The van der Waals surface area contributed by atoms with E-state index in [9.17, 15) is 19.7 Å². The van der Waals surface area contributed by atoms with Gasteiger partial charge >= 0.3 is 5.97 Å². The van der Waals surface area contributed by atoms with E-state index in [1.165, 1.54) is 35.1 Å². The zero-order valence-electron chi connectivity index (χ0n) is 15.4. The smallest absolute Gasteiger partial charge is 0.325 e. The topological polar surface area (TPSA) is 104 Å². The lowest BCUT2D eigenvalue weighted by atomic mass is 10.3. The van der Waals surface area contributed by atoms with E-state index < -0.39 is 10.9 Å². The lowest BCUT2D eigenvalue weighted by Gasteiger charge is -2.03. The molecule has 0 bridgehead atoms. The van der Waals surface area contributed by atoms with Crippen LogP contribution in [0, 0.1) is 10.1 Å². The Balaban J connectivity index is 1.87. The molecule has 0 N–H and O–H groups in total. The molecule has 150 valence electrons. The second kappa shape index (κ2) is 9.48. The zero-order valence-corrected chi connectivity index (χ0v) is 17.1. The quantitative estimate of drug-likeness (QED) is 0.246. The van der Waals surface area contributed by atoms with Gasteiger partial charge in [0.15, 0.2) is 4.80 Å². The number of non-ortho nitro benzene ring substituents is 1. The van der Waals surface area contributed by atoms with Crippen LogP contribution in [0.15, 0.2) is 58.4 Å². The van der Waals surface area contributed by atoms with Gasteiger partial charge < -0.3 is 9.30 Å². The minimum Gasteiger partial charge on any atom is -0.468 e. The molecule has 0 atom stereocenters. The molecule has 3 rings (SSSR count). The molecule has 29 heavy (non-hydrogen) atoms. The molecule has 0 aliphatic rings. The van der Waals surface area contributed by atoms with Gasteiger partial charge in [-0.15, -0.1) is 11.8 Å². The lowest BCUT2D eigenvalue weighted by Crippen LogP contribution is -2.22. The van der Waals surface area contributed by atoms with Crippen LogP contribution in [0.3, 0.4) is 0 Å². The average molecular weight is 431 g/mol. The van der Waals surface area contributed by atoms with Crippen molar-refractivity contribution in [3.8, 4) is 0 Å². The number of fused-ring (bicyclic) bond motifs is 1. The second-order valence-corrected chi connectivity index (χ2v) is 8.05. The maximum absolute atomic E-state index is 12.4. The number of amides is 1. The standard InChI is InChI=1S/C19H17N3O5S2/c1-27-18(24)12-21-15-11-13(22(25)26)7-8-16(15)29-19(21)20-17(23)9-10-28-14-5-3-2-4-6-14/h2-8,11H,9-10,12H2,1H3. The number of rotatable bonds is 7. The lowest BCUT2D eigenvalue weighted by molar-refractivity contribution is -0.384. The number of carbonyl (C=O) groups is 2. The molecular weight excluding hydrogens is 414 g/mol. The molecule has 10 heteroatoms. The normalized spacial score (nSPS) is 11.6. The Bertz CT molecular complexity index is 1120. The number of hydrogen-bond donors (Lipinski definition) is 0. The van der Waals surface area contributed by atoms with E-state index in [1.807, 2.05) is 30.3 Å². The number of nitrogens with zero attached hydrogens (tertiary/aromatic N) is 3. The molecule has 1 amide bonds. The summed E-state index contributed by atoms with van der Waals surface area (Å²) in [5, 5.41) is 11.1. The van der Waals surface area contributed by atoms with E-state index in [2.05, 4.69) is 4.99 Å². The average Bonchev–Trinajstić information content (AvgIpc) is 3.04. The number of esters is 1. The van der Waals surface area contributed by atoms with E-state index in [1.54, 1.807) is 17.8 Å². The monoisotopic (exact) mass is 431 g/mol. The summed E-state index contributed by atoms with van der Waals surface area (Å²) in [6, 6.07) is 14.1. The third kappa shape index (κ3) is 5.30. The van der Waals surface area contributed by atoms with Gasteiger partial charge in [0.1, 0.15) is 6.54 Å². The van der Waals surface area contributed by atoms with E-state index in [4.69, 9.17) is 4.74 Å². The predicted octanol–water partition coefficient (Wildman–Crippen LogP) is 3.39. The molecule has 0 saturated carbocycles. The number of benzene rings is 2. The van der Waals surface area contributed by atoms with E-state index >= 15 is 0 Å². The van der Waals surface area contributed by atoms with Crippen molar-refractivity contribution in [2.45, 2.75) is 17.9 Å². The van der Waals surface area contributed by atoms with Crippen LogP contribution in [0.2, 0.25) is 0 Å². The van der Waals surface area contributed by atoms with Crippen molar-refractivity contribution in [1.82, 2.24) is 4.57 Å². The first kappa shape index (κ1) is 20.7. The van der Waals surface area contributed by atoms with Crippen molar-refractivity contribution < 1.29 is 19.2 Å². The fourth-order valence-electron chi connectivity index (χ4n) is 2.54.